The van der Waals surface area contributed by atoms with Crippen molar-refractivity contribution in [2.45, 2.75) is 19.8 Å². The minimum atomic E-state index is -0.246. The van der Waals surface area contributed by atoms with Crippen molar-refractivity contribution in [1.29, 1.82) is 0 Å². The first kappa shape index (κ1) is 17.2. The average Bonchev–Trinajstić information content (AvgIpc) is 2.56. The summed E-state index contributed by atoms with van der Waals surface area (Å²) in [6.07, 6.45) is 2.12. The van der Waals surface area contributed by atoms with Crippen LogP contribution in [0, 0.1) is 0 Å². The molecule has 0 bridgehead atoms. The third-order valence-electron chi connectivity index (χ3n) is 3.10. The number of benzene rings is 2. The normalized spacial score (nSPS) is 10.2. The summed E-state index contributed by atoms with van der Waals surface area (Å²) in [4.78, 5) is 11.9. The van der Waals surface area contributed by atoms with Crippen LogP contribution in [0.2, 0.25) is 5.02 Å². The number of ether oxygens (including phenoxy) is 2. The lowest BCUT2D eigenvalue weighted by molar-refractivity contribution is -0.118. The van der Waals surface area contributed by atoms with Gasteiger partial charge in [-0.15, -0.1) is 0 Å². The molecule has 122 valence electrons. The Hall–Kier alpha value is -2.20. The summed E-state index contributed by atoms with van der Waals surface area (Å²) in [5, 5.41) is 3.24. The van der Waals surface area contributed by atoms with E-state index < -0.39 is 0 Å². The van der Waals surface area contributed by atoms with Gasteiger partial charge in [0.2, 0.25) is 0 Å². The molecule has 1 amide bonds. The Morgan fingerprint density at radius 2 is 1.83 bits per heavy atom. The molecule has 0 heterocycles. The van der Waals surface area contributed by atoms with Crippen molar-refractivity contribution < 1.29 is 14.3 Å². The number of rotatable bonds is 8. The van der Waals surface area contributed by atoms with Crippen LogP contribution in [0.15, 0.2) is 48.5 Å². The Morgan fingerprint density at radius 1 is 1.09 bits per heavy atom. The van der Waals surface area contributed by atoms with Gasteiger partial charge in [0.05, 0.1) is 11.6 Å². The Morgan fingerprint density at radius 3 is 2.52 bits per heavy atom. The molecule has 0 atom stereocenters. The number of nitrogens with one attached hydrogen (secondary N) is 1. The van der Waals surface area contributed by atoms with E-state index in [-0.39, 0.29) is 12.5 Å². The van der Waals surface area contributed by atoms with Crippen LogP contribution in [-0.4, -0.2) is 19.1 Å². The van der Waals surface area contributed by atoms with Crippen molar-refractivity contribution in [2.24, 2.45) is 0 Å². The first-order valence-electron chi connectivity index (χ1n) is 7.59. The van der Waals surface area contributed by atoms with Gasteiger partial charge in [0.15, 0.2) is 6.61 Å². The van der Waals surface area contributed by atoms with Gasteiger partial charge >= 0.3 is 0 Å². The lowest BCUT2D eigenvalue weighted by atomic mass is 10.3. The van der Waals surface area contributed by atoms with Gasteiger partial charge in [-0.3, -0.25) is 4.79 Å². The summed E-state index contributed by atoms with van der Waals surface area (Å²) in [6, 6.07) is 14.3. The second-order valence-electron chi connectivity index (χ2n) is 4.99. The molecule has 5 heteroatoms. The number of anilines is 1. The van der Waals surface area contributed by atoms with E-state index in [4.69, 9.17) is 21.1 Å². The zero-order chi connectivity index (χ0) is 16.5. The highest BCUT2D eigenvalue weighted by Crippen LogP contribution is 2.23. The van der Waals surface area contributed by atoms with Gasteiger partial charge in [0.1, 0.15) is 11.5 Å². The Balaban J connectivity index is 1.80. The molecule has 4 nitrogen and oxygen atoms in total. The summed E-state index contributed by atoms with van der Waals surface area (Å²) in [7, 11) is 0. The molecule has 0 aliphatic heterocycles. The Bertz CT molecular complexity index is 628. The first-order valence-corrected chi connectivity index (χ1v) is 7.97. The van der Waals surface area contributed by atoms with Crippen LogP contribution in [-0.2, 0) is 4.79 Å². The maximum atomic E-state index is 11.9. The Labute approximate surface area is 141 Å². The largest absolute Gasteiger partial charge is 0.494 e. The molecule has 2 aromatic rings. The number of halogens is 1. The van der Waals surface area contributed by atoms with Crippen molar-refractivity contribution in [3.8, 4) is 11.5 Å². The third kappa shape index (κ3) is 5.83. The predicted molar refractivity (Wildman–Crippen MR) is 92.4 cm³/mol. The number of carbonyl (C=O) groups excluding carboxylic acids is 1. The predicted octanol–water partition coefficient (Wildman–Crippen LogP) is 4.54. The Kier molecular flexibility index (Phi) is 6.76. The molecule has 0 saturated heterocycles. The maximum absolute atomic E-state index is 11.9. The molecule has 23 heavy (non-hydrogen) atoms. The summed E-state index contributed by atoms with van der Waals surface area (Å²) >= 11 is 5.97. The number of carbonyl (C=O) groups is 1. The zero-order valence-electron chi connectivity index (χ0n) is 13.0. The lowest BCUT2D eigenvalue weighted by Crippen LogP contribution is -2.20. The molecule has 0 aromatic heterocycles. The van der Waals surface area contributed by atoms with Crippen molar-refractivity contribution in [3.05, 3.63) is 53.6 Å². The maximum Gasteiger partial charge on any atom is 0.262 e. The molecule has 0 radical (unpaired) electrons. The average molecular weight is 334 g/mol. The SMILES string of the molecule is CCCCOc1ccc(NC(=O)COc2ccccc2Cl)cc1. The highest BCUT2D eigenvalue weighted by molar-refractivity contribution is 6.32. The van der Waals surface area contributed by atoms with Crippen LogP contribution in [0.3, 0.4) is 0 Å². The van der Waals surface area contributed by atoms with Gasteiger partial charge in [-0.1, -0.05) is 37.1 Å². The van der Waals surface area contributed by atoms with Gasteiger partial charge in [-0.2, -0.15) is 0 Å². The fraction of sp³-hybridized carbons (Fsp3) is 0.278. The summed E-state index contributed by atoms with van der Waals surface area (Å²) < 4.78 is 11.0. The van der Waals surface area contributed by atoms with Crippen LogP contribution in [0.1, 0.15) is 19.8 Å². The minimum Gasteiger partial charge on any atom is -0.494 e. The van der Waals surface area contributed by atoms with Gasteiger partial charge in [-0.05, 0) is 42.8 Å². The van der Waals surface area contributed by atoms with Crippen LogP contribution in [0.25, 0.3) is 0 Å². The molecular formula is C18H20ClNO3. The fourth-order valence-corrected chi connectivity index (χ4v) is 2.06. The molecule has 0 aliphatic rings. The topological polar surface area (TPSA) is 47.6 Å². The quantitative estimate of drug-likeness (QED) is 0.722. The smallest absolute Gasteiger partial charge is 0.262 e. The highest BCUT2D eigenvalue weighted by Gasteiger charge is 2.06. The molecule has 0 fully saturated rings. The number of amides is 1. The molecular weight excluding hydrogens is 314 g/mol. The van der Waals surface area contributed by atoms with Crippen LogP contribution >= 0.6 is 11.6 Å². The molecule has 0 spiro atoms. The van der Waals surface area contributed by atoms with E-state index in [1.165, 1.54) is 0 Å². The first-order chi connectivity index (χ1) is 11.2. The second kappa shape index (κ2) is 9.06. The van der Waals surface area contributed by atoms with E-state index >= 15 is 0 Å². The van der Waals surface area contributed by atoms with E-state index in [1.807, 2.05) is 12.1 Å². The van der Waals surface area contributed by atoms with Crippen LogP contribution in [0.5, 0.6) is 11.5 Å². The van der Waals surface area contributed by atoms with Crippen molar-refractivity contribution in [3.63, 3.8) is 0 Å². The van der Waals surface area contributed by atoms with E-state index in [9.17, 15) is 4.79 Å². The third-order valence-corrected chi connectivity index (χ3v) is 3.41. The van der Waals surface area contributed by atoms with Crippen molar-refractivity contribution in [2.75, 3.05) is 18.5 Å². The monoisotopic (exact) mass is 333 g/mol. The van der Waals surface area contributed by atoms with E-state index in [0.29, 0.717) is 23.1 Å². The van der Waals surface area contributed by atoms with Crippen molar-refractivity contribution >= 4 is 23.2 Å². The van der Waals surface area contributed by atoms with Crippen LogP contribution in [0.4, 0.5) is 5.69 Å². The summed E-state index contributed by atoms with van der Waals surface area (Å²) in [5.41, 5.74) is 0.695. The second-order valence-corrected chi connectivity index (χ2v) is 5.40. The summed E-state index contributed by atoms with van der Waals surface area (Å²) in [6.45, 7) is 2.72. The number of hydrogen-bond acceptors (Lipinski definition) is 3. The molecule has 2 rings (SSSR count). The molecule has 0 aliphatic carbocycles. The zero-order valence-corrected chi connectivity index (χ0v) is 13.8. The van der Waals surface area contributed by atoms with Gasteiger partial charge < -0.3 is 14.8 Å². The molecule has 1 N–H and O–H groups in total. The standard InChI is InChI=1S/C18H20ClNO3/c1-2-3-12-22-15-10-8-14(9-11-15)20-18(21)13-23-17-7-5-4-6-16(17)19/h4-11H,2-3,12-13H2,1H3,(H,20,21). The van der Waals surface area contributed by atoms with Gasteiger partial charge in [-0.25, -0.2) is 0 Å². The highest BCUT2D eigenvalue weighted by atomic mass is 35.5. The lowest BCUT2D eigenvalue weighted by Gasteiger charge is -2.09. The minimum absolute atomic E-state index is 0.0987. The van der Waals surface area contributed by atoms with Gasteiger partial charge in [0.25, 0.3) is 5.91 Å². The number of hydrogen-bond donors (Lipinski definition) is 1. The van der Waals surface area contributed by atoms with Crippen LogP contribution < -0.4 is 14.8 Å². The van der Waals surface area contributed by atoms with E-state index in [1.54, 1.807) is 36.4 Å². The van der Waals surface area contributed by atoms with E-state index in [2.05, 4.69) is 12.2 Å². The molecule has 0 unspecified atom stereocenters. The molecule has 2 aromatic carbocycles. The summed E-state index contributed by atoms with van der Waals surface area (Å²) in [5.74, 6) is 1.04. The fourth-order valence-electron chi connectivity index (χ4n) is 1.87. The number of unbranched alkanes of at least 4 members (excludes halogenated alkanes) is 1. The molecule has 0 saturated carbocycles. The number of para-hydroxylation sites is 1. The van der Waals surface area contributed by atoms with Crippen molar-refractivity contribution in [1.82, 2.24) is 0 Å². The van der Waals surface area contributed by atoms with Gasteiger partial charge in [0, 0.05) is 5.69 Å². The van der Waals surface area contributed by atoms with E-state index in [0.717, 1.165) is 18.6 Å².